The highest BCUT2D eigenvalue weighted by molar-refractivity contribution is 7.65. The molecule has 0 fully saturated rings. The van der Waals surface area contributed by atoms with Gasteiger partial charge in [0.1, 0.15) is 0 Å². The first-order valence-corrected chi connectivity index (χ1v) is 5.84. The van der Waals surface area contributed by atoms with E-state index in [2.05, 4.69) is 5.10 Å². The van der Waals surface area contributed by atoms with Crippen molar-refractivity contribution >= 4 is 16.6 Å². The van der Waals surface area contributed by atoms with Crippen LogP contribution in [0.2, 0.25) is 0 Å². The van der Waals surface area contributed by atoms with Gasteiger partial charge >= 0.3 is 0 Å². The minimum Gasteiger partial charge on any atom is -0.493 e. The molecule has 0 aliphatic carbocycles. The fourth-order valence-electron chi connectivity index (χ4n) is 1.43. The van der Waals surface area contributed by atoms with E-state index < -0.39 is 0 Å². The van der Waals surface area contributed by atoms with Crippen molar-refractivity contribution in [3.05, 3.63) is 11.3 Å². The third-order valence-corrected chi connectivity index (χ3v) is 2.47. The van der Waals surface area contributed by atoms with Crippen molar-refractivity contribution in [2.24, 2.45) is 0 Å². The van der Waals surface area contributed by atoms with Gasteiger partial charge in [0.25, 0.3) is 0 Å². The lowest BCUT2D eigenvalue weighted by Gasteiger charge is -2.05. The molecule has 1 N–H and O–H groups in total. The Kier molecular flexibility index (Phi) is 4.08. The molecule has 4 nitrogen and oxygen atoms in total. The van der Waals surface area contributed by atoms with E-state index in [0.717, 1.165) is 18.5 Å². The standard InChI is InChI=1S/C10H16N2O2S/c1-4-5-9-8(6-15-14)10(13)12(11-9)7(2)3/h6-7,13H,4-5H2,1-3H3. The van der Waals surface area contributed by atoms with Crippen LogP contribution in [0.5, 0.6) is 5.88 Å². The van der Waals surface area contributed by atoms with Crippen molar-refractivity contribution in [2.75, 3.05) is 0 Å². The van der Waals surface area contributed by atoms with Crippen LogP contribution in [0.15, 0.2) is 0 Å². The monoisotopic (exact) mass is 228 g/mol. The second-order valence-electron chi connectivity index (χ2n) is 3.69. The largest absolute Gasteiger partial charge is 0.493 e. The zero-order valence-corrected chi connectivity index (χ0v) is 10.0. The lowest BCUT2D eigenvalue weighted by Crippen LogP contribution is -2.02. The molecule has 15 heavy (non-hydrogen) atoms. The Morgan fingerprint density at radius 3 is 2.73 bits per heavy atom. The molecule has 1 heterocycles. The minimum atomic E-state index is 0.0943. The molecular formula is C10H16N2O2S. The molecule has 0 amide bonds. The van der Waals surface area contributed by atoms with Crippen molar-refractivity contribution in [3.8, 4) is 5.88 Å². The van der Waals surface area contributed by atoms with Gasteiger partial charge in [-0.2, -0.15) is 5.10 Å². The number of aromatic hydroxyl groups is 1. The zero-order valence-electron chi connectivity index (χ0n) is 9.23. The smallest absolute Gasteiger partial charge is 0.218 e. The number of hydrogen-bond acceptors (Lipinski definition) is 3. The van der Waals surface area contributed by atoms with E-state index in [-0.39, 0.29) is 11.9 Å². The lowest BCUT2D eigenvalue weighted by molar-refractivity contribution is 0.376. The molecular weight excluding hydrogens is 212 g/mol. The van der Waals surface area contributed by atoms with E-state index in [4.69, 9.17) is 0 Å². The summed E-state index contributed by atoms with van der Waals surface area (Å²) in [5.41, 5.74) is 1.37. The van der Waals surface area contributed by atoms with E-state index in [1.54, 1.807) is 4.68 Å². The van der Waals surface area contributed by atoms with E-state index in [1.165, 1.54) is 5.37 Å². The number of nitrogens with zero attached hydrogens (tertiary/aromatic N) is 2. The van der Waals surface area contributed by atoms with Gasteiger partial charge in [-0.1, -0.05) is 13.3 Å². The van der Waals surface area contributed by atoms with Crippen molar-refractivity contribution < 1.29 is 9.32 Å². The maximum absolute atomic E-state index is 10.5. The Morgan fingerprint density at radius 2 is 2.27 bits per heavy atom. The van der Waals surface area contributed by atoms with Gasteiger partial charge in [0, 0.05) is 5.37 Å². The van der Waals surface area contributed by atoms with Gasteiger partial charge in [-0.25, -0.2) is 8.89 Å². The molecule has 1 rings (SSSR count). The summed E-state index contributed by atoms with van der Waals surface area (Å²) in [6, 6.07) is 0.0967. The topological polar surface area (TPSA) is 55.1 Å². The summed E-state index contributed by atoms with van der Waals surface area (Å²) in [5, 5.41) is 15.6. The molecule has 0 saturated heterocycles. The number of aromatic nitrogens is 2. The van der Waals surface area contributed by atoms with E-state index in [9.17, 15) is 9.32 Å². The summed E-state index contributed by atoms with van der Waals surface area (Å²) in [6.07, 6.45) is 1.72. The van der Waals surface area contributed by atoms with Crippen LogP contribution in [-0.2, 0) is 17.7 Å². The third kappa shape index (κ3) is 2.47. The lowest BCUT2D eigenvalue weighted by atomic mass is 10.2. The van der Waals surface area contributed by atoms with Crippen molar-refractivity contribution in [1.82, 2.24) is 9.78 Å². The Morgan fingerprint density at radius 1 is 1.60 bits per heavy atom. The summed E-state index contributed by atoms with van der Waals surface area (Å²) in [4.78, 5) is 0. The average molecular weight is 228 g/mol. The first-order chi connectivity index (χ1) is 7.11. The predicted molar refractivity (Wildman–Crippen MR) is 61.6 cm³/mol. The highest BCUT2D eigenvalue weighted by Gasteiger charge is 2.16. The molecule has 0 aliphatic heterocycles. The van der Waals surface area contributed by atoms with Crippen LogP contribution in [-0.4, -0.2) is 24.5 Å². The summed E-state index contributed by atoms with van der Waals surface area (Å²) < 4.78 is 12.0. The molecule has 0 radical (unpaired) electrons. The highest BCUT2D eigenvalue weighted by atomic mass is 32.1. The van der Waals surface area contributed by atoms with E-state index >= 15 is 0 Å². The maximum Gasteiger partial charge on any atom is 0.218 e. The van der Waals surface area contributed by atoms with Crippen LogP contribution < -0.4 is 0 Å². The minimum absolute atomic E-state index is 0.0943. The first kappa shape index (κ1) is 12.0. The Balaban J connectivity index is 3.25. The molecule has 1 aromatic rings. The molecule has 0 spiro atoms. The number of hydrogen-bond donors (Lipinski definition) is 1. The Labute approximate surface area is 93.0 Å². The highest BCUT2D eigenvalue weighted by Crippen LogP contribution is 2.23. The van der Waals surface area contributed by atoms with Crippen LogP contribution in [0.3, 0.4) is 0 Å². The second kappa shape index (κ2) is 5.11. The van der Waals surface area contributed by atoms with Crippen molar-refractivity contribution in [1.29, 1.82) is 0 Å². The molecule has 0 unspecified atom stereocenters. The van der Waals surface area contributed by atoms with Crippen LogP contribution in [0, 0.1) is 0 Å². The predicted octanol–water partition coefficient (Wildman–Crippen LogP) is 1.49. The Hall–Kier alpha value is -1.10. The van der Waals surface area contributed by atoms with Gasteiger partial charge in [-0.05, 0) is 20.3 Å². The Bertz CT molecular complexity index is 392. The fraction of sp³-hybridized carbons (Fsp3) is 0.600. The molecule has 0 bridgehead atoms. The maximum atomic E-state index is 10.5. The van der Waals surface area contributed by atoms with E-state index in [0.29, 0.717) is 16.8 Å². The van der Waals surface area contributed by atoms with Crippen molar-refractivity contribution in [2.45, 2.75) is 39.7 Å². The van der Waals surface area contributed by atoms with Gasteiger partial charge in [-0.3, -0.25) is 0 Å². The molecule has 84 valence electrons. The second-order valence-corrected chi connectivity index (χ2v) is 4.11. The van der Waals surface area contributed by atoms with Crippen LogP contribution in [0.1, 0.15) is 44.5 Å². The summed E-state index contributed by atoms with van der Waals surface area (Å²) in [7, 11) is 0. The van der Waals surface area contributed by atoms with Gasteiger partial charge in [0.15, 0.2) is 0 Å². The summed E-state index contributed by atoms with van der Waals surface area (Å²) >= 11 is 0.346. The van der Waals surface area contributed by atoms with Gasteiger partial charge < -0.3 is 5.11 Å². The van der Waals surface area contributed by atoms with Crippen LogP contribution >= 0.6 is 0 Å². The zero-order chi connectivity index (χ0) is 11.4. The van der Waals surface area contributed by atoms with E-state index in [1.807, 2.05) is 20.8 Å². The molecule has 1 aromatic heterocycles. The fourth-order valence-corrected chi connectivity index (χ4v) is 1.77. The normalized spacial score (nSPS) is 10.7. The SMILES string of the molecule is CCCc1nn(C(C)C)c(O)c1C=S=O. The molecule has 0 atom stereocenters. The van der Waals surface area contributed by atoms with Crippen LogP contribution in [0.25, 0.3) is 0 Å². The first-order valence-electron chi connectivity index (χ1n) is 5.04. The third-order valence-electron chi connectivity index (χ3n) is 2.14. The van der Waals surface area contributed by atoms with Gasteiger partial charge in [0.2, 0.25) is 5.88 Å². The summed E-state index contributed by atoms with van der Waals surface area (Å²) in [5.74, 6) is 0.0943. The summed E-state index contributed by atoms with van der Waals surface area (Å²) in [6.45, 7) is 5.92. The van der Waals surface area contributed by atoms with Gasteiger partial charge in [0.05, 0.1) is 28.6 Å². The molecule has 5 heteroatoms. The number of aryl methyl sites for hydroxylation is 1. The van der Waals surface area contributed by atoms with Gasteiger partial charge in [-0.15, -0.1) is 0 Å². The molecule has 0 aliphatic rings. The molecule has 0 saturated carbocycles. The van der Waals surface area contributed by atoms with Crippen LogP contribution in [0.4, 0.5) is 0 Å². The quantitative estimate of drug-likeness (QED) is 0.794. The molecule has 0 aromatic carbocycles. The average Bonchev–Trinajstić information content (AvgIpc) is 2.47. The number of rotatable bonds is 4. The van der Waals surface area contributed by atoms with Crippen molar-refractivity contribution in [3.63, 3.8) is 0 Å².